The molecular weight excluding hydrogens is 418 g/mol. The van der Waals surface area contributed by atoms with Gasteiger partial charge in [0.2, 0.25) is 0 Å². The van der Waals surface area contributed by atoms with Crippen LogP contribution in [-0.4, -0.2) is 32.2 Å². The Bertz CT molecular complexity index is 1500. The fraction of sp³-hybridized carbons (Fsp3) is 0.167. The van der Waals surface area contributed by atoms with Crippen LogP contribution in [0.4, 0.5) is 5.82 Å². The van der Waals surface area contributed by atoms with E-state index < -0.39 is 0 Å². The van der Waals surface area contributed by atoms with Crippen molar-refractivity contribution in [2.24, 2.45) is 5.73 Å². The molecule has 0 amide bonds. The number of pyridine rings is 1. The van der Waals surface area contributed by atoms with E-state index in [0.29, 0.717) is 34.4 Å². The molecule has 166 valence electrons. The zero-order valence-electron chi connectivity index (χ0n) is 18.7. The van der Waals surface area contributed by atoms with Gasteiger partial charge in [-0.2, -0.15) is 0 Å². The van der Waals surface area contributed by atoms with E-state index >= 15 is 0 Å². The Morgan fingerprint density at radius 1 is 1.18 bits per heavy atom. The molecule has 4 N–H and O–H groups in total. The lowest BCUT2D eigenvalue weighted by Crippen LogP contribution is -2.06. The van der Waals surface area contributed by atoms with Crippen LogP contribution in [0.15, 0.2) is 47.3 Å². The lowest BCUT2D eigenvalue weighted by atomic mass is 10.0. The van der Waals surface area contributed by atoms with Gasteiger partial charge in [-0.1, -0.05) is 11.2 Å². The molecule has 5 aromatic rings. The number of aromatic nitrogens is 5. The smallest absolute Gasteiger partial charge is 0.144 e. The molecule has 5 rings (SSSR count). The molecule has 0 unspecified atom stereocenters. The topological polar surface area (TPSA) is 128 Å². The van der Waals surface area contributed by atoms with Crippen LogP contribution >= 0.6 is 0 Å². The van der Waals surface area contributed by atoms with Crippen molar-refractivity contribution in [2.45, 2.75) is 20.8 Å². The zero-order valence-corrected chi connectivity index (χ0v) is 18.7. The van der Waals surface area contributed by atoms with Crippen molar-refractivity contribution in [3.63, 3.8) is 0 Å². The number of nitrogens with zero attached hydrogens (tertiary/aromatic N) is 4. The van der Waals surface area contributed by atoms with Gasteiger partial charge in [0.25, 0.3) is 0 Å². The van der Waals surface area contributed by atoms with Crippen molar-refractivity contribution < 1.29 is 9.26 Å². The van der Waals surface area contributed by atoms with Crippen molar-refractivity contribution in [1.82, 2.24) is 25.1 Å². The number of anilines is 1. The van der Waals surface area contributed by atoms with Crippen molar-refractivity contribution in [3.8, 4) is 16.9 Å². The fourth-order valence-electron chi connectivity index (χ4n) is 4.10. The molecule has 0 spiro atoms. The predicted molar refractivity (Wildman–Crippen MR) is 128 cm³/mol. The summed E-state index contributed by atoms with van der Waals surface area (Å²) >= 11 is 0. The van der Waals surface area contributed by atoms with Gasteiger partial charge in [-0.3, -0.25) is 4.98 Å². The summed E-state index contributed by atoms with van der Waals surface area (Å²) in [6.45, 7) is 5.65. The second-order valence-corrected chi connectivity index (χ2v) is 7.69. The second kappa shape index (κ2) is 7.94. The second-order valence-electron chi connectivity index (χ2n) is 7.69. The highest BCUT2D eigenvalue weighted by Gasteiger charge is 2.21. The SMILES string of the molecule is COc1cc2c(cc1-c1c(C)noc1C)[nH]c1nc(C)nc(NC(=CN)c3ccccn3)c12. The van der Waals surface area contributed by atoms with Gasteiger partial charge in [0.1, 0.15) is 28.8 Å². The minimum Gasteiger partial charge on any atom is -0.496 e. The summed E-state index contributed by atoms with van der Waals surface area (Å²) in [4.78, 5) is 17.1. The van der Waals surface area contributed by atoms with Crippen LogP contribution in [0.25, 0.3) is 38.8 Å². The van der Waals surface area contributed by atoms with Crippen molar-refractivity contribution in [1.29, 1.82) is 0 Å². The number of hydrogen-bond donors (Lipinski definition) is 3. The number of H-pyrrole nitrogens is 1. The van der Waals surface area contributed by atoms with Gasteiger partial charge in [-0.25, -0.2) is 9.97 Å². The maximum absolute atomic E-state index is 5.92. The Hall–Kier alpha value is -4.40. The highest BCUT2D eigenvalue weighted by atomic mass is 16.5. The lowest BCUT2D eigenvalue weighted by Gasteiger charge is -2.12. The lowest BCUT2D eigenvalue weighted by molar-refractivity contribution is 0.393. The monoisotopic (exact) mass is 441 g/mol. The molecule has 0 bridgehead atoms. The van der Waals surface area contributed by atoms with Gasteiger partial charge in [0.05, 0.1) is 35.1 Å². The molecule has 0 atom stereocenters. The van der Waals surface area contributed by atoms with Crippen LogP contribution in [0.5, 0.6) is 5.75 Å². The maximum Gasteiger partial charge on any atom is 0.144 e. The minimum absolute atomic E-state index is 0.617. The molecule has 9 nitrogen and oxygen atoms in total. The Morgan fingerprint density at radius 3 is 2.70 bits per heavy atom. The summed E-state index contributed by atoms with van der Waals surface area (Å²) < 4.78 is 11.1. The molecule has 4 aromatic heterocycles. The summed E-state index contributed by atoms with van der Waals surface area (Å²) in [5, 5.41) is 9.17. The highest BCUT2D eigenvalue weighted by molar-refractivity contribution is 6.13. The number of nitrogens with one attached hydrogen (secondary N) is 2. The van der Waals surface area contributed by atoms with Gasteiger partial charge >= 0.3 is 0 Å². The molecule has 0 saturated carbocycles. The Kier molecular flexibility index (Phi) is 4.93. The molecule has 0 aliphatic carbocycles. The number of aryl methyl sites for hydroxylation is 3. The Labute approximate surface area is 189 Å². The van der Waals surface area contributed by atoms with Crippen LogP contribution in [0.3, 0.4) is 0 Å². The minimum atomic E-state index is 0.617. The largest absolute Gasteiger partial charge is 0.496 e. The van der Waals surface area contributed by atoms with Crippen molar-refractivity contribution >= 4 is 33.5 Å². The third-order valence-electron chi connectivity index (χ3n) is 5.55. The molecule has 4 heterocycles. The van der Waals surface area contributed by atoms with Gasteiger partial charge in [-0.05, 0) is 45.0 Å². The highest BCUT2D eigenvalue weighted by Crippen LogP contribution is 2.40. The molecule has 33 heavy (non-hydrogen) atoms. The number of ether oxygens (including phenoxy) is 1. The average Bonchev–Trinajstić information content (AvgIpc) is 3.34. The molecular formula is C24H23N7O2. The summed E-state index contributed by atoms with van der Waals surface area (Å²) in [5.74, 6) is 2.67. The van der Waals surface area contributed by atoms with Gasteiger partial charge in [0, 0.05) is 28.9 Å². The van der Waals surface area contributed by atoms with E-state index in [1.54, 1.807) is 13.3 Å². The molecule has 0 fully saturated rings. The Morgan fingerprint density at radius 2 is 2.03 bits per heavy atom. The third-order valence-corrected chi connectivity index (χ3v) is 5.55. The first-order valence-corrected chi connectivity index (χ1v) is 10.4. The number of fused-ring (bicyclic) bond motifs is 3. The number of hydrogen-bond acceptors (Lipinski definition) is 8. The number of methoxy groups -OCH3 is 1. The van der Waals surface area contributed by atoms with Gasteiger partial charge in [0.15, 0.2) is 0 Å². The molecule has 0 aliphatic heterocycles. The summed E-state index contributed by atoms with van der Waals surface area (Å²) in [6, 6.07) is 9.64. The Balaban J connectivity index is 1.73. The molecule has 0 aliphatic rings. The van der Waals surface area contributed by atoms with Crippen LogP contribution < -0.4 is 15.8 Å². The van der Waals surface area contributed by atoms with E-state index in [4.69, 9.17) is 15.0 Å². The van der Waals surface area contributed by atoms with Crippen LogP contribution in [0, 0.1) is 20.8 Å². The van der Waals surface area contributed by atoms with Crippen LogP contribution in [0.1, 0.15) is 23.0 Å². The molecule has 0 radical (unpaired) electrons. The maximum atomic E-state index is 5.92. The number of benzene rings is 1. The van der Waals surface area contributed by atoms with Crippen molar-refractivity contribution in [3.05, 3.63) is 65.7 Å². The van der Waals surface area contributed by atoms with Gasteiger partial charge in [-0.15, -0.1) is 0 Å². The average molecular weight is 441 g/mol. The zero-order chi connectivity index (χ0) is 23.1. The van der Waals surface area contributed by atoms with E-state index in [-0.39, 0.29) is 0 Å². The van der Waals surface area contributed by atoms with E-state index in [9.17, 15) is 0 Å². The third kappa shape index (κ3) is 3.43. The molecule has 1 aromatic carbocycles. The van der Waals surface area contributed by atoms with E-state index in [0.717, 1.165) is 38.9 Å². The summed E-state index contributed by atoms with van der Waals surface area (Å²) in [6.07, 6.45) is 3.20. The van der Waals surface area contributed by atoms with Crippen molar-refractivity contribution in [2.75, 3.05) is 12.4 Å². The normalized spacial score (nSPS) is 11.9. The standard InChI is InChI=1S/C24H23N7O2/c1-12-21(13(2)33-31-12)16-9-18-15(10-20(16)32-4)22-23(29-18)27-14(3)28-24(22)30-19(11-25)17-7-5-6-8-26-17/h5-11H,25H2,1-4H3,(H2,27,28,29,30). The summed E-state index contributed by atoms with van der Waals surface area (Å²) in [7, 11) is 1.65. The summed E-state index contributed by atoms with van der Waals surface area (Å²) in [5.41, 5.74) is 11.5. The van der Waals surface area contributed by atoms with E-state index in [1.807, 2.05) is 51.1 Å². The molecule has 0 saturated heterocycles. The van der Waals surface area contributed by atoms with E-state index in [2.05, 4.69) is 30.4 Å². The first-order valence-electron chi connectivity index (χ1n) is 10.4. The fourth-order valence-corrected chi connectivity index (χ4v) is 4.10. The first-order chi connectivity index (χ1) is 16.0. The van der Waals surface area contributed by atoms with Crippen LogP contribution in [-0.2, 0) is 0 Å². The first kappa shape index (κ1) is 20.5. The number of rotatable bonds is 5. The predicted octanol–water partition coefficient (Wildman–Crippen LogP) is 4.46. The van der Waals surface area contributed by atoms with E-state index in [1.165, 1.54) is 6.20 Å². The molecule has 9 heteroatoms. The number of aromatic amines is 1. The van der Waals surface area contributed by atoms with Crippen LogP contribution in [0.2, 0.25) is 0 Å². The quantitative estimate of drug-likeness (QED) is 0.365. The van der Waals surface area contributed by atoms with Gasteiger partial charge < -0.3 is 25.3 Å². The number of nitrogens with two attached hydrogens (primary N) is 1.